The molecule has 5 rings (SSSR count). The molecule has 0 spiro atoms. The van der Waals surface area contributed by atoms with Crippen molar-refractivity contribution in [3.05, 3.63) is 59.3 Å². The summed E-state index contributed by atoms with van der Waals surface area (Å²) in [6.07, 6.45) is -0.750. The minimum Gasteiger partial charge on any atom is -0.382 e. The summed E-state index contributed by atoms with van der Waals surface area (Å²) in [5.74, 6) is -1.13. The minimum atomic E-state index is -4.51. The molecule has 11 heteroatoms. The molecule has 3 heterocycles. The van der Waals surface area contributed by atoms with E-state index in [-0.39, 0.29) is 17.4 Å². The number of halogens is 4. The number of anilines is 1. The van der Waals surface area contributed by atoms with E-state index in [9.17, 15) is 18.0 Å². The number of aromatic nitrogens is 4. The number of nitrogens with two attached hydrogens (primary N) is 1. The maximum atomic E-state index is 15.1. The van der Waals surface area contributed by atoms with Crippen molar-refractivity contribution in [3.63, 3.8) is 0 Å². The van der Waals surface area contributed by atoms with Gasteiger partial charge in [-0.1, -0.05) is 0 Å². The highest BCUT2D eigenvalue weighted by Gasteiger charge is 2.39. The highest BCUT2D eigenvalue weighted by Crippen LogP contribution is 2.37. The van der Waals surface area contributed by atoms with Crippen LogP contribution in [0.3, 0.4) is 0 Å². The SMILES string of the molecule is CC(c1ccc(C(F)(F)F)cn1)N(C(=O)c1cc2c(cc1F)nc(N)c1c2cnn1C)C1CC1. The fourth-order valence-corrected chi connectivity index (χ4v) is 4.27. The number of alkyl halides is 3. The molecular weight excluding hydrogens is 452 g/mol. The Balaban J connectivity index is 1.56. The normalized spacial score (nSPS) is 15.1. The predicted octanol–water partition coefficient (Wildman–Crippen LogP) is 4.62. The van der Waals surface area contributed by atoms with E-state index in [1.807, 2.05) is 0 Å². The van der Waals surface area contributed by atoms with Gasteiger partial charge in [0.15, 0.2) is 0 Å². The summed E-state index contributed by atoms with van der Waals surface area (Å²) in [5.41, 5.74) is 6.13. The van der Waals surface area contributed by atoms with Crippen molar-refractivity contribution in [2.45, 2.75) is 38.0 Å². The van der Waals surface area contributed by atoms with Crippen LogP contribution in [0, 0.1) is 5.82 Å². The summed E-state index contributed by atoms with van der Waals surface area (Å²) in [6.45, 7) is 1.67. The van der Waals surface area contributed by atoms with Crippen molar-refractivity contribution < 1.29 is 22.4 Å². The lowest BCUT2D eigenvalue weighted by molar-refractivity contribution is -0.137. The third-order valence-corrected chi connectivity index (χ3v) is 6.16. The number of hydrogen-bond acceptors (Lipinski definition) is 5. The Morgan fingerprint density at radius 2 is 1.94 bits per heavy atom. The first-order valence-corrected chi connectivity index (χ1v) is 10.6. The molecule has 176 valence electrons. The first kappa shape index (κ1) is 22.1. The zero-order valence-corrected chi connectivity index (χ0v) is 18.3. The number of benzene rings is 1. The first-order valence-electron chi connectivity index (χ1n) is 10.6. The number of amides is 1. The summed E-state index contributed by atoms with van der Waals surface area (Å²) >= 11 is 0. The van der Waals surface area contributed by atoms with Crippen LogP contribution in [0.25, 0.3) is 21.8 Å². The van der Waals surface area contributed by atoms with Gasteiger partial charge in [0.25, 0.3) is 5.91 Å². The molecule has 7 nitrogen and oxygen atoms in total. The summed E-state index contributed by atoms with van der Waals surface area (Å²) in [7, 11) is 1.70. The lowest BCUT2D eigenvalue weighted by atomic mass is 10.0. The van der Waals surface area contributed by atoms with Gasteiger partial charge in [0, 0.05) is 36.1 Å². The third kappa shape index (κ3) is 3.61. The number of carbonyl (C=O) groups is 1. The number of pyridine rings is 2. The highest BCUT2D eigenvalue weighted by atomic mass is 19.4. The number of nitrogen functional groups attached to an aromatic ring is 1. The summed E-state index contributed by atoms with van der Waals surface area (Å²) in [6, 6.07) is 3.98. The monoisotopic (exact) mass is 472 g/mol. The maximum Gasteiger partial charge on any atom is 0.417 e. The minimum absolute atomic E-state index is 0.148. The Kier molecular flexibility index (Phi) is 4.96. The standard InChI is InChI=1S/C23H20F4N6O/c1-11(18-6-3-12(9-29-18)23(25,26)27)33(13-4-5-13)22(34)15-7-14-16-10-30-32(2)20(16)21(28)31-19(14)8-17(15)24/h3,6-11,13H,4-5H2,1-2H3,(H2,28,31). The molecule has 3 aromatic heterocycles. The molecule has 1 amide bonds. The fraction of sp³-hybridized carbons (Fsp3) is 0.304. The second-order valence-corrected chi connectivity index (χ2v) is 8.47. The van der Waals surface area contributed by atoms with Gasteiger partial charge in [-0.25, -0.2) is 9.37 Å². The van der Waals surface area contributed by atoms with Gasteiger partial charge >= 0.3 is 6.18 Å². The van der Waals surface area contributed by atoms with Gasteiger partial charge in [0.1, 0.15) is 17.2 Å². The molecule has 0 aliphatic heterocycles. The third-order valence-electron chi connectivity index (χ3n) is 6.16. The van der Waals surface area contributed by atoms with E-state index in [1.54, 1.807) is 24.9 Å². The predicted molar refractivity (Wildman–Crippen MR) is 117 cm³/mol. The van der Waals surface area contributed by atoms with Crippen LogP contribution in [-0.2, 0) is 13.2 Å². The fourth-order valence-electron chi connectivity index (χ4n) is 4.27. The van der Waals surface area contributed by atoms with E-state index in [0.29, 0.717) is 27.5 Å². The second kappa shape index (κ2) is 7.64. The molecular formula is C23H20F4N6O. The van der Waals surface area contributed by atoms with Crippen LogP contribution in [0.5, 0.6) is 0 Å². The van der Waals surface area contributed by atoms with Gasteiger partial charge in [-0.2, -0.15) is 18.3 Å². The first-order chi connectivity index (χ1) is 16.1. The molecule has 1 aliphatic rings. The smallest absolute Gasteiger partial charge is 0.382 e. The Hall–Kier alpha value is -3.76. The van der Waals surface area contributed by atoms with Gasteiger partial charge in [0.05, 0.1) is 34.6 Å². The Morgan fingerprint density at radius 3 is 2.56 bits per heavy atom. The van der Waals surface area contributed by atoms with Crippen molar-refractivity contribution in [2.24, 2.45) is 7.05 Å². The molecule has 1 unspecified atom stereocenters. The molecule has 2 N–H and O–H groups in total. The van der Waals surface area contributed by atoms with E-state index < -0.39 is 29.5 Å². The van der Waals surface area contributed by atoms with Crippen molar-refractivity contribution in [3.8, 4) is 0 Å². The average molecular weight is 472 g/mol. The van der Waals surface area contributed by atoms with Gasteiger partial charge in [-0.05, 0) is 38.0 Å². The summed E-state index contributed by atoms with van der Waals surface area (Å²) in [4.78, 5) is 23.2. The number of carbonyl (C=O) groups excluding carboxylic acids is 1. The van der Waals surface area contributed by atoms with Crippen molar-refractivity contribution >= 4 is 33.5 Å². The van der Waals surface area contributed by atoms with Gasteiger partial charge in [-0.3, -0.25) is 14.5 Å². The molecule has 0 radical (unpaired) electrons. The lowest BCUT2D eigenvalue weighted by Crippen LogP contribution is -2.36. The van der Waals surface area contributed by atoms with E-state index >= 15 is 4.39 Å². The van der Waals surface area contributed by atoms with Crippen LogP contribution in [0.1, 0.15) is 47.4 Å². The number of fused-ring (bicyclic) bond motifs is 3. The number of aryl methyl sites for hydroxylation is 1. The molecule has 1 aliphatic carbocycles. The van der Waals surface area contributed by atoms with Crippen LogP contribution in [-0.4, -0.2) is 36.6 Å². The molecule has 1 aromatic carbocycles. The quantitative estimate of drug-likeness (QED) is 0.438. The van der Waals surface area contributed by atoms with E-state index in [0.717, 1.165) is 31.2 Å². The van der Waals surface area contributed by atoms with Gasteiger partial charge < -0.3 is 10.6 Å². The van der Waals surface area contributed by atoms with Crippen molar-refractivity contribution in [1.29, 1.82) is 0 Å². The van der Waals surface area contributed by atoms with E-state index in [2.05, 4.69) is 15.1 Å². The highest BCUT2D eigenvalue weighted by molar-refractivity contribution is 6.10. The van der Waals surface area contributed by atoms with Gasteiger partial charge in [-0.15, -0.1) is 0 Å². The maximum absolute atomic E-state index is 15.1. The molecule has 1 atom stereocenters. The molecule has 0 saturated heterocycles. The summed E-state index contributed by atoms with van der Waals surface area (Å²) < 4.78 is 55.4. The van der Waals surface area contributed by atoms with E-state index in [4.69, 9.17) is 5.73 Å². The largest absolute Gasteiger partial charge is 0.417 e. The lowest BCUT2D eigenvalue weighted by Gasteiger charge is -2.29. The van der Waals surface area contributed by atoms with Crippen LogP contribution in [0.2, 0.25) is 0 Å². The summed E-state index contributed by atoms with van der Waals surface area (Å²) in [5, 5.41) is 5.35. The molecule has 1 saturated carbocycles. The van der Waals surface area contributed by atoms with Crippen LogP contribution in [0.4, 0.5) is 23.4 Å². The molecule has 1 fully saturated rings. The Bertz CT molecular complexity index is 1430. The Labute approximate surface area is 191 Å². The zero-order valence-electron chi connectivity index (χ0n) is 18.3. The second-order valence-electron chi connectivity index (χ2n) is 8.47. The topological polar surface area (TPSA) is 89.9 Å². The van der Waals surface area contributed by atoms with E-state index in [1.165, 1.54) is 17.0 Å². The number of hydrogen-bond donors (Lipinski definition) is 1. The molecule has 34 heavy (non-hydrogen) atoms. The van der Waals surface area contributed by atoms with Crippen LogP contribution < -0.4 is 5.73 Å². The number of nitrogens with zero attached hydrogens (tertiary/aromatic N) is 5. The van der Waals surface area contributed by atoms with Crippen molar-refractivity contribution in [1.82, 2.24) is 24.6 Å². The van der Waals surface area contributed by atoms with Gasteiger partial charge in [0.2, 0.25) is 0 Å². The number of rotatable bonds is 4. The zero-order chi connectivity index (χ0) is 24.4. The van der Waals surface area contributed by atoms with Crippen LogP contribution in [0.15, 0.2) is 36.7 Å². The Morgan fingerprint density at radius 1 is 1.21 bits per heavy atom. The average Bonchev–Trinajstić information content (AvgIpc) is 3.53. The molecule has 0 bridgehead atoms. The van der Waals surface area contributed by atoms with Crippen molar-refractivity contribution in [2.75, 3.05) is 5.73 Å². The van der Waals surface area contributed by atoms with Crippen LogP contribution >= 0.6 is 0 Å². The molecule has 4 aromatic rings.